The van der Waals surface area contributed by atoms with Crippen molar-refractivity contribution < 1.29 is 14.7 Å². The maximum Gasteiger partial charge on any atom is 0.254 e. The average molecular weight is 316 g/mol. The van der Waals surface area contributed by atoms with Crippen LogP contribution in [0.15, 0.2) is 24.3 Å². The Balaban J connectivity index is 1.83. The molecule has 2 aliphatic heterocycles. The van der Waals surface area contributed by atoms with E-state index in [1.54, 1.807) is 28.9 Å². The van der Waals surface area contributed by atoms with Crippen LogP contribution in [0.2, 0.25) is 0 Å². The zero-order valence-corrected chi connectivity index (χ0v) is 14.0. The van der Waals surface area contributed by atoms with E-state index < -0.39 is 5.60 Å². The number of carbonyl (C=O) groups excluding carboxylic acids is 2. The van der Waals surface area contributed by atoms with Gasteiger partial charge in [0.25, 0.3) is 5.91 Å². The molecule has 0 aromatic heterocycles. The molecule has 2 heterocycles. The van der Waals surface area contributed by atoms with Crippen molar-refractivity contribution in [3.63, 3.8) is 0 Å². The van der Waals surface area contributed by atoms with Gasteiger partial charge in [0.2, 0.25) is 5.91 Å². The Morgan fingerprint density at radius 3 is 2.52 bits per heavy atom. The van der Waals surface area contributed by atoms with Crippen LogP contribution in [0.5, 0.6) is 0 Å². The molecule has 0 bridgehead atoms. The highest BCUT2D eigenvalue weighted by molar-refractivity contribution is 5.99. The minimum atomic E-state index is -0.898. The predicted octanol–water partition coefficient (Wildman–Crippen LogP) is 2.05. The van der Waals surface area contributed by atoms with Crippen molar-refractivity contribution in [3.05, 3.63) is 29.8 Å². The predicted molar refractivity (Wildman–Crippen MR) is 88.3 cm³/mol. The van der Waals surface area contributed by atoms with Crippen molar-refractivity contribution in [3.8, 4) is 0 Å². The molecule has 0 spiro atoms. The lowest BCUT2D eigenvalue weighted by Gasteiger charge is -2.30. The SMILES string of the molecule is CC1(C)CN(C(=O)c2cccc(N3CCCC3=O)c2)C[C@]1(C)O. The summed E-state index contributed by atoms with van der Waals surface area (Å²) in [6, 6.07) is 7.23. The smallest absolute Gasteiger partial charge is 0.254 e. The molecular weight excluding hydrogens is 292 g/mol. The summed E-state index contributed by atoms with van der Waals surface area (Å²) in [4.78, 5) is 28.1. The second-order valence-electron chi connectivity index (χ2n) is 7.52. The molecule has 23 heavy (non-hydrogen) atoms. The molecule has 2 amide bonds. The number of aliphatic hydroxyl groups is 1. The maximum absolute atomic E-state index is 12.8. The Labute approximate surface area is 136 Å². The van der Waals surface area contributed by atoms with Gasteiger partial charge in [-0.1, -0.05) is 19.9 Å². The number of hydrogen-bond acceptors (Lipinski definition) is 3. The van der Waals surface area contributed by atoms with Crippen molar-refractivity contribution >= 4 is 17.5 Å². The van der Waals surface area contributed by atoms with Crippen LogP contribution in [-0.4, -0.2) is 47.1 Å². The molecule has 2 fully saturated rings. The Kier molecular flexibility index (Phi) is 3.71. The molecule has 2 saturated heterocycles. The van der Waals surface area contributed by atoms with Crippen molar-refractivity contribution in [2.75, 3.05) is 24.5 Å². The van der Waals surface area contributed by atoms with E-state index >= 15 is 0 Å². The summed E-state index contributed by atoms with van der Waals surface area (Å²) >= 11 is 0. The van der Waals surface area contributed by atoms with Gasteiger partial charge in [0, 0.05) is 36.2 Å². The fourth-order valence-electron chi connectivity index (χ4n) is 3.34. The molecule has 2 aliphatic rings. The van der Waals surface area contributed by atoms with Crippen molar-refractivity contribution in [2.45, 2.75) is 39.2 Å². The number of carbonyl (C=O) groups is 2. The van der Waals surface area contributed by atoms with Crippen LogP contribution in [0.3, 0.4) is 0 Å². The molecule has 1 N–H and O–H groups in total. The van der Waals surface area contributed by atoms with E-state index in [2.05, 4.69) is 0 Å². The molecule has 0 unspecified atom stereocenters. The van der Waals surface area contributed by atoms with E-state index in [1.165, 1.54) is 0 Å². The van der Waals surface area contributed by atoms with Gasteiger partial charge in [0.1, 0.15) is 0 Å². The Morgan fingerprint density at radius 1 is 1.22 bits per heavy atom. The standard InChI is InChI=1S/C18H24N2O3/c1-17(2)11-19(12-18(17,3)23)16(22)13-6-4-7-14(10-13)20-9-5-8-15(20)21/h4,6-7,10,23H,5,8-9,11-12H2,1-3H3/t18-/m0/s1. The van der Waals surface area contributed by atoms with Gasteiger partial charge >= 0.3 is 0 Å². The van der Waals surface area contributed by atoms with E-state index in [9.17, 15) is 14.7 Å². The van der Waals surface area contributed by atoms with Gasteiger partial charge in [-0.05, 0) is 31.5 Å². The highest BCUT2D eigenvalue weighted by atomic mass is 16.3. The van der Waals surface area contributed by atoms with E-state index in [-0.39, 0.29) is 17.2 Å². The highest BCUT2D eigenvalue weighted by Gasteiger charge is 2.49. The number of benzene rings is 1. The molecule has 0 saturated carbocycles. The lowest BCUT2D eigenvalue weighted by Crippen LogP contribution is -2.40. The van der Waals surface area contributed by atoms with Crippen LogP contribution in [0, 0.1) is 5.41 Å². The molecule has 1 aromatic rings. The third-order valence-electron chi connectivity index (χ3n) is 5.31. The van der Waals surface area contributed by atoms with E-state index in [0.29, 0.717) is 31.6 Å². The van der Waals surface area contributed by atoms with Gasteiger partial charge < -0.3 is 14.9 Å². The normalized spacial score (nSPS) is 26.9. The van der Waals surface area contributed by atoms with Crippen LogP contribution >= 0.6 is 0 Å². The number of nitrogens with zero attached hydrogens (tertiary/aromatic N) is 2. The second kappa shape index (κ2) is 5.34. The summed E-state index contributed by atoms with van der Waals surface area (Å²) in [5.41, 5.74) is 0.107. The molecular formula is C18H24N2O3. The molecule has 5 nitrogen and oxygen atoms in total. The van der Waals surface area contributed by atoms with Crippen LogP contribution in [0.4, 0.5) is 5.69 Å². The van der Waals surface area contributed by atoms with Gasteiger partial charge in [-0.3, -0.25) is 9.59 Å². The summed E-state index contributed by atoms with van der Waals surface area (Å²) in [5, 5.41) is 10.5. The Hall–Kier alpha value is -1.88. The molecule has 0 radical (unpaired) electrons. The zero-order chi connectivity index (χ0) is 16.8. The van der Waals surface area contributed by atoms with Crippen LogP contribution in [-0.2, 0) is 4.79 Å². The van der Waals surface area contributed by atoms with Gasteiger partial charge in [0.15, 0.2) is 0 Å². The minimum Gasteiger partial charge on any atom is -0.388 e. The van der Waals surface area contributed by atoms with Crippen molar-refractivity contribution in [1.82, 2.24) is 4.90 Å². The summed E-state index contributed by atoms with van der Waals surface area (Å²) in [5.74, 6) is 0.0178. The Morgan fingerprint density at radius 2 is 1.96 bits per heavy atom. The molecule has 1 atom stereocenters. The second-order valence-corrected chi connectivity index (χ2v) is 7.52. The van der Waals surface area contributed by atoms with Crippen molar-refractivity contribution in [1.29, 1.82) is 0 Å². The lowest BCUT2D eigenvalue weighted by molar-refractivity contribution is -0.117. The number of amides is 2. The minimum absolute atomic E-state index is 0.0932. The highest BCUT2D eigenvalue weighted by Crippen LogP contribution is 2.39. The fourth-order valence-corrected chi connectivity index (χ4v) is 3.34. The monoisotopic (exact) mass is 316 g/mol. The summed E-state index contributed by atoms with van der Waals surface area (Å²) in [6.07, 6.45) is 1.43. The average Bonchev–Trinajstić information content (AvgIpc) is 2.99. The first-order valence-electron chi connectivity index (χ1n) is 8.13. The molecule has 1 aromatic carbocycles. The molecule has 3 rings (SSSR count). The number of hydrogen-bond donors (Lipinski definition) is 1. The number of β-amino-alcohol motifs (C(OH)–C–C–N with tert-alkyl or cyclic N) is 1. The summed E-state index contributed by atoms with van der Waals surface area (Å²) in [6.45, 7) is 7.28. The summed E-state index contributed by atoms with van der Waals surface area (Å²) in [7, 11) is 0. The van der Waals surface area contributed by atoms with Crippen LogP contribution in [0.25, 0.3) is 0 Å². The van der Waals surface area contributed by atoms with E-state index in [4.69, 9.17) is 0 Å². The largest absolute Gasteiger partial charge is 0.388 e. The summed E-state index contributed by atoms with van der Waals surface area (Å²) < 4.78 is 0. The van der Waals surface area contributed by atoms with E-state index in [1.807, 2.05) is 26.0 Å². The van der Waals surface area contributed by atoms with E-state index in [0.717, 1.165) is 12.1 Å². The molecule has 124 valence electrons. The third kappa shape index (κ3) is 2.74. The maximum atomic E-state index is 12.8. The van der Waals surface area contributed by atoms with Gasteiger partial charge in [-0.25, -0.2) is 0 Å². The fraction of sp³-hybridized carbons (Fsp3) is 0.556. The van der Waals surface area contributed by atoms with Gasteiger partial charge in [-0.2, -0.15) is 0 Å². The quantitative estimate of drug-likeness (QED) is 0.908. The van der Waals surface area contributed by atoms with Crippen LogP contribution < -0.4 is 4.90 Å². The zero-order valence-electron chi connectivity index (χ0n) is 14.0. The third-order valence-corrected chi connectivity index (χ3v) is 5.31. The first kappa shape index (κ1) is 16.0. The van der Waals surface area contributed by atoms with Gasteiger partial charge in [0.05, 0.1) is 12.1 Å². The number of likely N-dealkylation sites (tertiary alicyclic amines) is 1. The molecule has 5 heteroatoms. The Bertz CT molecular complexity index is 635. The van der Waals surface area contributed by atoms with Gasteiger partial charge in [-0.15, -0.1) is 0 Å². The topological polar surface area (TPSA) is 60.9 Å². The number of rotatable bonds is 2. The lowest BCUT2D eigenvalue weighted by atomic mass is 9.79. The molecule has 0 aliphatic carbocycles. The first-order valence-corrected chi connectivity index (χ1v) is 8.13. The first-order chi connectivity index (χ1) is 10.7. The van der Waals surface area contributed by atoms with Crippen LogP contribution in [0.1, 0.15) is 44.0 Å². The number of anilines is 1. The van der Waals surface area contributed by atoms with Crippen molar-refractivity contribution in [2.24, 2.45) is 5.41 Å².